The first kappa shape index (κ1) is 69.3. The maximum Gasteiger partial charge on any atom is 0.306 e. The maximum absolute atomic E-state index is 12.8. The Labute approximate surface area is 451 Å². The van der Waals surface area contributed by atoms with Crippen molar-refractivity contribution in [3.8, 4) is 0 Å². The van der Waals surface area contributed by atoms with Crippen molar-refractivity contribution < 1.29 is 28.6 Å². The lowest BCUT2D eigenvalue weighted by atomic mass is 10.0. The zero-order chi connectivity index (χ0) is 52.9. The first-order valence-corrected chi connectivity index (χ1v) is 30.7. The highest BCUT2D eigenvalue weighted by Crippen LogP contribution is 2.16. The molecule has 0 heterocycles. The Morgan fingerprint density at radius 3 is 0.904 bits per heavy atom. The summed E-state index contributed by atoms with van der Waals surface area (Å²) >= 11 is 0. The van der Waals surface area contributed by atoms with Gasteiger partial charge >= 0.3 is 17.9 Å². The average molecular weight is 1020 g/mol. The Morgan fingerprint density at radius 1 is 0.288 bits per heavy atom. The second-order valence-corrected chi connectivity index (χ2v) is 20.2. The molecular weight excluding hydrogens is 901 g/mol. The van der Waals surface area contributed by atoms with E-state index in [4.69, 9.17) is 14.2 Å². The average Bonchev–Trinajstić information content (AvgIpc) is 3.39. The zero-order valence-electron chi connectivity index (χ0n) is 47.9. The van der Waals surface area contributed by atoms with E-state index in [0.29, 0.717) is 19.3 Å². The quantitative estimate of drug-likeness (QED) is 0.0261. The van der Waals surface area contributed by atoms with Crippen LogP contribution in [0.1, 0.15) is 290 Å². The molecule has 0 aromatic rings. The number of hydrogen-bond donors (Lipinski definition) is 0. The fraction of sp³-hybridized carbons (Fsp3) is 0.716. The van der Waals surface area contributed by atoms with E-state index in [9.17, 15) is 14.4 Å². The van der Waals surface area contributed by atoms with Crippen LogP contribution in [0.4, 0.5) is 0 Å². The van der Waals surface area contributed by atoms with Gasteiger partial charge in [0.15, 0.2) is 6.10 Å². The van der Waals surface area contributed by atoms with Crippen LogP contribution in [-0.2, 0) is 28.6 Å². The molecule has 0 rings (SSSR count). The molecule has 6 nitrogen and oxygen atoms in total. The van der Waals surface area contributed by atoms with Crippen molar-refractivity contribution in [2.24, 2.45) is 0 Å². The summed E-state index contributed by atoms with van der Waals surface area (Å²) in [7, 11) is 0. The molecule has 418 valence electrons. The van der Waals surface area contributed by atoms with Crippen molar-refractivity contribution in [3.05, 3.63) is 97.2 Å². The normalized spacial score (nSPS) is 12.8. The molecule has 73 heavy (non-hydrogen) atoms. The number of allylic oxidation sites excluding steroid dienone is 16. The lowest BCUT2D eigenvalue weighted by molar-refractivity contribution is -0.167. The number of esters is 3. The zero-order valence-corrected chi connectivity index (χ0v) is 47.9. The minimum Gasteiger partial charge on any atom is -0.462 e. The van der Waals surface area contributed by atoms with E-state index in [1.807, 2.05) is 0 Å². The third-order valence-electron chi connectivity index (χ3n) is 13.1. The van der Waals surface area contributed by atoms with E-state index in [2.05, 4.69) is 118 Å². The van der Waals surface area contributed by atoms with Crippen molar-refractivity contribution in [1.29, 1.82) is 0 Å². The number of ether oxygens (including phenoxy) is 3. The molecule has 0 amide bonds. The van der Waals surface area contributed by atoms with Gasteiger partial charge in [0.1, 0.15) is 13.2 Å². The van der Waals surface area contributed by atoms with E-state index in [0.717, 1.165) is 122 Å². The Hall–Kier alpha value is -3.67. The third-order valence-corrected chi connectivity index (χ3v) is 13.1. The summed E-state index contributed by atoms with van der Waals surface area (Å²) in [5.41, 5.74) is 0. The molecule has 0 fully saturated rings. The minimum absolute atomic E-state index is 0.0808. The highest BCUT2D eigenvalue weighted by molar-refractivity contribution is 5.71. The molecule has 1 unspecified atom stereocenters. The summed E-state index contributed by atoms with van der Waals surface area (Å²) in [6.45, 7) is 6.47. The molecule has 0 aliphatic rings. The minimum atomic E-state index is -0.780. The van der Waals surface area contributed by atoms with Gasteiger partial charge in [0, 0.05) is 19.3 Å². The van der Waals surface area contributed by atoms with Crippen LogP contribution in [0.2, 0.25) is 0 Å². The molecule has 0 aromatic heterocycles. The van der Waals surface area contributed by atoms with Gasteiger partial charge in [0.05, 0.1) is 0 Å². The summed E-state index contributed by atoms with van der Waals surface area (Å²) in [5, 5.41) is 0. The number of carbonyl (C=O) groups is 3. The number of carbonyl (C=O) groups excluding carboxylic acids is 3. The Kier molecular flexibility index (Phi) is 57.8. The van der Waals surface area contributed by atoms with Crippen molar-refractivity contribution in [1.82, 2.24) is 0 Å². The van der Waals surface area contributed by atoms with Crippen LogP contribution < -0.4 is 0 Å². The smallest absolute Gasteiger partial charge is 0.306 e. The predicted molar refractivity (Wildman–Crippen MR) is 316 cm³/mol. The van der Waals surface area contributed by atoms with Gasteiger partial charge in [0.25, 0.3) is 0 Å². The molecule has 0 spiro atoms. The largest absolute Gasteiger partial charge is 0.462 e. The van der Waals surface area contributed by atoms with Gasteiger partial charge in [-0.15, -0.1) is 0 Å². The van der Waals surface area contributed by atoms with E-state index in [-0.39, 0.29) is 31.1 Å². The molecule has 0 bridgehead atoms. The highest BCUT2D eigenvalue weighted by atomic mass is 16.6. The molecular formula is C67H114O6. The van der Waals surface area contributed by atoms with Gasteiger partial charge < -0.3 is 14.2 Å². The van der Waals surface area contributed by atoms with E-state index in [1.165, 1.54) is 128 Å². The van der Waals surface area contributed by atoms with Crippen LogP contribution in [-0.4, -0.2) is 37.2 Å². The fourth-order valence-electron chi connectivity index (χ4n) is 8.48. The van der Waals surface area contributed by atoms with Gasteiger partial charge in [-0.05, 0) is 96.3 Å². The second-order valence-electron chi connectivity index (χ2n) is 20.2. The second kappa shape index (κ2) is 60.9. The summed E-state index contributed by atoms with van der Waals surface area (Å²) in [6, 6.07) is 0. The topological polar surface area (TPSA) is 78.9 Å². The van der Waals surface area contributed by atoms with Gasteiger partial charge in [-0.3, -0.25) is 14.4 Å². The Balaban J connectivity index is 4.19. The highest BCUT2D eigenvalue weighted by Gasteiger charge is 2.19. The maximum atomic E-state index is 12.8. The fourth-order valence-corrected chi connectivity index (χ4v) is 8.48. The summed E-state index contributed by atoms with van der Waals surface area (Å²) in [4.78, 5) is 38.1. The van der Waals surface area contributed by atoms with Gasteiger partial charge in [-0.2, -0.15) is 0 Å². The number of hydrogen-bond acceptors (Lipinski definition) is 6. The monoisotopic (exact) mass is 1010 g/mol. The molecule has 1 atom stereocenters. The Morgan fingerprint density at radius 2 is 0.562 bits per heavy atom. The summed E-state index contributed by atoms with van der Waals surface area (Å²) in [5.74, 6) is -0.890. The first-order valence-electron chi connectivity index (χ1n) is 30.7. The lowest BCUT2D eigenvalue weighted by Crippen LogP contribution is -2.30. The van der Waals surface area contributed by atoms with Gasteiger partial charge in [-0.25, -0.2) is 0 Å². The van der Waals surface area contributed by atoms with Crippen molar-refractivity contribution in [2.75, 3.05) is 13.2 Å². The van der Waals surface area contributed by atoms with Crippen molar-refractivity contribution in [3.63, 3.8) is 0 Å². The predicted octanol–water partition coefficient (Wildman–Crippen LogP) is 20.9. The summed E-state index contributed by atoms with van der Waals surface area (Å²) in [6.07, 6.45) is 81.3. The molecule has 6 heteroatoms. The van der Waals surface area contributed by atoms with E-state index in [1.54, 1.807) is 0 Å². The SMILES string of the molecule is CC/C=C\C/C=C\C/C=C\C/C=C\C/C=C\C/C=C\C/C=C\CCCCCCCCCCCC(=O)OCC(COC(=O)CCCCCCC/C=C\CCC)OC(=O)CCCCCCCCCCCCCCCC. The van der Waals surface area contributed by atoms with Gasteiger partial charge in [0.2, 0.25) is 0 Å². The molecule has 0 aliphatic carbocycles. The van der Waals surface area contributed by atoms with Crippen molar-refractivity contribution in [2.45, 2.75) is 297 Å². The summed E-state index contributed by atoms with van der Waals surface area (Å²) < 4.78 is 16.8. The molecule has 0 aliphatic heterocycles. The van der Waals surface area contributed by atoms with Crippen LogP contribution in [0.15, 0.2) is 97.2 Å². The molecule has 0 N–H and O–H groups in total. The van der Waals surface area contributed by atoms with Gasteiger partial charge in [-0.1, -0.05) is 272 Å². The van der Waals surface area contributed by atoms with Crippen LogP contribution in [0.25, 0.3) is 0 Å². The molecule has 0 radical (unpaired) electrons. The third kappa shape index (κ3) is 59.1. The first-order chi connectivity index (χ1) is 36.0. The standard InChI is InChI=1S/C67H114O6/c1-4-7-10-13-16-19-22-24-26-27-28-29-30-31-32-33-34-35-36-37-38-39-40-41-42-44-45-48-51-54-57-60-66(69)72-63-64(62-71-65(68)59-56-53-50-47-21-18-15-12-9-6-3)73-67(70)61-58-55-52-49-46-43-25-23-20-17-14-11-8-5-2/h7,10,12,15-16,19,24,26,28-29,31-32,34-35,37-38,64H,4-6,8-9,11,13-14,17-18,20-23,25,27,30,33,36,39-63H2,1-3H3/b10-7-,15-12-,19-16-,26-24-,29-28-,32-31-,35-34-,38-37-. The van der Waals surface area contributed by atoms with Crippen LogP contribution in [0, 0.1) is 0 Å². The molecule has 0 saturated carbocycles. The van der Waals surface area contributed by atoms with Crippen molar-refractivity contribution >= 4 is 17.9 Å². The number of rotatable bonds is 55. The molecule has 0 aromatic carbocycles. The molecule has 0 saturated heterocycles. The van der Waals surface area contributed by atoms with E-state index >= 15 is 0 Å². The Bertz CT molecular complexity index is 1440. The van der Waals surface area contributed by atoms with E-state index < -0.39 is 6.10 Å². The number of unbranched alkanes of at least 4 members (excludes halogenated alkanes) is 28. The van der Waals surface area contributed by atoms with Crippen LogP contribution >= 0.6 is 0 Å². The van der Waals surface area contributed by atoms with Crippen LogP contribution in [0.5, 0.6) is 0 Å². The van der Waals surface area contributed by atoms with Crippen LogP contribution in [0.3, 0.4) is 0 Å². The lowest BCUT2D eigenvalue weighted by Gasteiger charge is -2.18.